The van der Waals surface area contributed by atoms with Gasteiger partial charge < -0.3 is 10.2 Å². The summed E-state index contributed by atoms with van der Waals surface area (Å²) in [5.41, 5.74) is 1.36. The molecular formula is C15H23BrN2. The van der Waals surface area contributed by atoms with Gasteiger partial charge in [0.2, 0.25) is 0 Å². The van der Waals surface area contributed by atoms with Gasteiger partial charge in [0.15, 0.2) is 0 Å². The Labute approximate surface area is 119 Å². The van der Waals surface area contributed by atoms with Crippen LogP contribution in [0.5, 0.6) is 0 Å². The second-order valence-corrected chi connectivity index (χ2v) is 6.05. The number of halogens is 1. The van der Waals surface area contributed by atoms with Gasteiger partial charge in [-0.15, -0.1) is 0 Å². The second-order valence-electron chi connectivity index (χ2n) is 5.13. The molecule has 0 amide bonds. The minimum absolute atomic E-state index is 0.441. The predicted octanol–water partition coefficient (Wildman–Crippen LogP) is 3.59. The summed E-state index contributed by atoms with van der Waals surface area (Å²) >= 11 is 3.47. The summed E-state index contributed by atoms with van der Waals surface area (Å²) < 4.78 is 1.15. The number of nitrogens with one attached hydrogen (secondary N) is 1. The van der Waals surface area contributed by atoms with E-state index in [1.165, 1.54) is 44.5 Å². The first-order valence-corrected chi connectivity index (χ1v) is 7.76. The zero-order valence-corrected chi connectivity index (χ0v) is 12.7. The summed E-state index contributed by atoms with van der Waals surface area (Å²) in [6.07, 6.45) is 4.03. The van der Waals surface area contributed by atoms with E-state index in [-0.39, 0.29) is 0 Å². The molecule has 0 spiro atoms. The number of rotatable bonds is 6. The first kappa shape index (κ1) is 14.0. The summed E-state index contributed by atoms with van der Waals surface area (Å²) in [6, 6.07) is 9.02. The Kier molecular flexibility index (Phi) is 5.67. The van der Waals surface area contributed by atoms with Crippen molar-refractivity contribution in [3.8, 4) is 0 Å². The quantitative estimate of drug-likeness (QED) is 0.808. The fourth-order valence-electron chi connectivity index (χ4n) is 2.50. The Balaban J connectivity index is 1.64. The number of nitrogens with zero attached hydrogens (tertiary/aromatic N) is 1. The van der Waals surface area contributed by atoms with E-state index in [0.29, 0.717) is 6.04 Å². The van der Waals surface area contributed by atoms with E-state index in [1.807, 2.05) is 0 Å². The van der Waals surface area contributed by atoms with Gasteiger partial charge in [0.05, 0.1) is 0 Å². The van der Waals surface area contributed by atoms with E-state index in [2.05, 4.69) is 57.3 Å². The van der Waals surface area contributed by atoms with E-state index < -0.39 is 0 Å². The SMILES string of the molecule is CC(NCCCN1CCCC1)c1ccc(Br)cc1. The van der Waals surface area contributed by atoms with Crippen LogP contribution < -0.4 is 5.32 Å². The van der Waals surface area contributed by atoms with Crippen LogP contribution in [-0.2, 0) is 0 Å². The lowest BCUT2D eigenvalue weighted by atomic mass is 10.1. The Hall–Kier alpha value is -0.380. The molecule has 2 nitrogen and oxygen atoms in total. The maximum absolute atomic E-state index is 3.60. The van der Waals surface area contributed by atoms with Crippen LogP contribution in [0.15, 0.2) is 28.7 Å². The van der Waals surface area contributed by atoms with Crippen molar-refractivity contribution in [2.75, 3.05) is 26.2 Å². The molecule has 0 saturated carbocycles. The maximum atomic E-state index is 3.60. The monoisotopic (exact) mass is 310 g/mol. The van der Waals surface area contributed by atoms with Crippen LogP contribution in [0, 0.1) is 0 Å². The molecule has 1 aliphatic heterocycles. The molecule has 1 aromatic rings. The van der Waals surface area contributed by atoms with Crippen molar-refractivity contribution in [2.45, 2.75) is 32.2 Å². The molecule has 18 heavy (non-hydrogen) atoms. The van der Waals surface area contributed by atoms with Crippen LogP contribution in [0.1, 0.15) is 37.8 Å². The molecular weight excluding hydrogens is 288 g/mol. The van der Waals surface area contributed by atoms with Crippen molar-refractivity contribution in [1.29, 1.82) is 0 Å². The molecule has 1 aromatic carbocycles. The molecule has 1 N–H and O–H groups in total. The van der Waals surface area contributed by atoms with Crippen LogP contribution in [-0.4, -0.2) is 31.1 Å². The van der Waals surface area contributed by atoms with E-state index in [1.54, 1.807) is 0 Å². The van der Waals surface area contributed by atoms with Gasteiger partial charge in [-0.05, 0) is 70.1 Å². The van der Waals surface area contributed by atoms with Crippen molar-refractivity contribution < 1.29 is 0 Å². The third-order valence-electron chi connectivity index (χ3n) is 3.67. The zero-order valence-electron chi connectivity index (χ0n) is 11.2. The smallest absolute Gasteiger partial charge is 0.0291 e. The standard InChI is InChI=1S/C15H23BrN2/c1-13(14-5-7-15(16)8-6-14)17-9-4-12-18-10-2-3-11-18/h5-8,13,17H,2-4,9-12H2,1H3. The van der Waals surface area contributed by atoms with E-state index in [9.17, 15) is 0 Å². The van der Waals surface area contributed by atoms with Crippen molar-refractivity contribution in [2.24, 2.45) is 0 Å². The average molecular weight is 311 g/mol. The zero-order chi connectivity index (χ0) is 12.8. The van der Waals surface area contributed by atoms with Gasteiger partial charge in [-0.25, -0.2) is 0 Å². The molecule has 0 radical (unpaired) electrons. The molecule has 1 unspecified atom stereocenters. The number of likely N-dealkylation sites (tertiary alicyclic amines) is 1. The summed E-state index contributed by atoms with van der Waals surface area (Å²) in [4.78, 5) is 2.58. The Morgan fingerprint density at radius 1 is 1.22 bits per heavy atom. The van der Waals surface area contributed by atoms with Gasteiger partial charge in [-0.2, -0.15) is 0 Å². The summed E-state index contributed by atoms with van der Waals surface area (Å²) in [7, 11) is 0. The minimum atomic E-state index is 0.441. The van der Waals surface area contributed by atoms with Crippen molar-refractivity contribution in [3.05, 3.63) is 34.3 Å². The molecule has 1 aliphatic rings. The normalized spacial score (nSPS) is 18.1. The molecule has 1 saturated heterocycles. The van der Waals surface area contributed by atoms with Crippen molar-refractivity contribution >= 4 is 15.9 Å². The first-order chi connectivity index (χ1) is 8.75. The highest BCUT2D eigenvalue weighted by atomic mass is 79.9. The van der Waals surface area contributed by atoms with E-state index >= 15 is 0 Å². The second kappa shape index (κ2) is 7.27. The van der Waals surface area contributed by atoms with Crippen LogP contribution in [0.4, 0.5) is 0 Å². The van der Waals surface area contributed by atoms with Gasteiger partial charge in [0.1, 0.15) is 0 Å². The van der Waals surface area contributed by atoms with Crippen LogP contribution in [0.2, 0.25) is 0 Å². The van der Waals surface area contributed by atoms with Gasteiger partial charge >= 0.3 is 0 Å². The summed E-state index contributed by atoms with van der Waals surface area (Å²) in [6.45, 7) is 7.21. The Bertz CT molecular complexity index is 344. The van der Waals surface area contributed by atoms with E-state index in [4.69, 9.17) is 0 Å². The lowest BCUT2D eigenvalue weighted by molar-refractivity contribution is 0.328. The molecule has 1 heterocycles. The van der Waals surface area contributed by atoms with Crippen LogP contribution in [0.3, 0.4) is 0 Å². The molecule has 100 valence electrons. The highest BCUT2D eigenvalue weighted by molar-refractivity contribution is 9.10. The third-order valence-corrected chi connectivity index (χ3v) is 4.20. The molecule has 0 bridgehead atoms. The van der Waals surface area contributed by atoms with Crippen LogP contribution >= 0.6 is 15.9 Å². The van der Waals surface area contributed by atoms with Crippen LogP contribution in [0.25, 0.3) is 0 Å². The van der Waals surface area contributed by atoms with Gasteiger partial charge in [-0.1, -0.05) is 28.1 Å². The maximum Gasteiger partial charge on any atom is 0.0291 e. The largest absolute Gasteiger partial charge is 0.310 e. The topological polar surface area (TPSA) is 15.3 Å². The van der Waals surface area contributed by atoms with Gasteiger partial charge in [0.25, 0.3) is 0 Å². The number of benzene rings is 1. The molecule has 1 atom stereocenters. The molecule has 2 rings (SSSR count). The fourth-order valence-corrected chi connectivity index (χ4v) is 2.76. The molecule has 1 fully saturated rings. The third kappa shape index (κ3) is 4.38. The number of hydrogen-bond acceptors (Lipinski definition) is 2. The molecule has 0 aliphatic carbocycles. The van der Waals surface area contributed by atoms with Gasteiger partial charge in [0, 0.05) is 10.5 Å². The van der Waals surface area contributed by atoms with Gasteiger partial charge in [-0.3, -0.25) is 0 Å². The highest BCUT2D eigenvalue weighted by Gasteiger charge is 2.10. The summed E-state index contributed by atoms with van der Waals surface area (Å²) in [5, 5.41) is 3.60. The van der Waals surface area contributed by atoms with Crippen molar-refractivity contribution in [1.82, 2.24) is 10.2 Å². The highest BCUT2D eigenvalue weighted by Crippen LogP contribution is 2.16. The molecule has 3 heteroatoms. The lowest BCUT2D eigenvalue weighted by Crippen LogP contribution is -2.26. The molecule has 0 aromatic heterocycles. The van der Waals surface area contributed by atoms with E-state index in [0.717, 1.165) is 11.0 Å². The fraction of sp³-hybridized carbons (Fsp3) is 0.600. The number of hydrogen-bond donors (Lipinski definition) is 1. The average Bonchev–Trinajstić information content (AvgIpc) is 2.88. The first-order valence-electron chi connectivity index (χ1n) is 6.97. The van der Waals surface area contributed by atoms with Crippen molar-refractivity contribution in [3.63, 3.8) is 0 Å². The summed E-state index contributed by atoms with van der Waals surface area (Å²) in [5.74, 6) is 0. The lowest BCUT2D eigenvalue weighted by Gasteiger charge is -2.17. The Morgan fingerprint density at radius 3 is 2.56 bits per heavy atom. The Morgan fingerprint density at radius 2 is 1.89 bits per heavy atom. The predicted molar refractivity (Wildman–Crippen MR) is 80.9 cm³/mol. The minimum Gasteiger partial charge on any atom is -0.310 e.